The van der Waals surface area contributed by atoms with Gasteiger partial charge in [-0.25, -0.2) is 0 Å². The van der Waals surface area contributed by atoms with E-state index in [1.165, 1.54) is 0 Å². The number of unbranched alkanes of at least 4 members (excludes halogenated alkanes) is 3. The van der Waals surface area contributed by atoms with Gasteiger partial charge < -0.3 is 11.1 Å². The largest absolute Gasteiger partial charge is 0.384 e. The van der Waals surface area contributed by atoms with Crippen LogP contribution in [0.25, 0.3) is 22.2 Å². The summed E-state index contributed by atoms with van der Waals surface area (Å²) in [6, 6.07) is 11.7. The summed E-state index contributed by atoms with van der Waals surface area (Å²) in [6.45, 7) is 1.61. The monoisotopic (exact) mass is 334 g/mol. The Hall–Kier alpha value is -2.66. The number of aromatic amines is 1. The van der Waals surface area contributed by atoms with Crippen molar-refractivity contribution < 1.29 is 4.79 Å². The Bertz CT molecular complexity index is 929. The van der Waals surface area contributed by atoms with E-state index < -0.39 is 0 Å². The van der Waals surface area contributed by atoms with Crippen LogP contribution in [-0.2, 0) is 0 Å². The molecule has 0 amide bonds. The van der Waals surface area contributed by atoms with Crippen molar-refractivity contribution in [3.05, 3.63) is 47.5 Å². The molecule has 1 heterocycles. The molecule has 3 aromatic rings. The molecule has 4 N–H and O–H groups in total. The van der Waals surface area contributed by atoms with Gasteiger partial charge in [-0.3, -0.25) is 9.89 Å². The average Bonchev–Trinajstić information content (AvgIpc) is 3.07. The van der Waals surface area contributed by atoms with E-state index in [0.29, 0.717) is 0 Å². The summed E-state index contributed by atoms with van der Waals surface area (Å²) in [6.07, 6.45) is 4.45. The molecule has 0 fully saturated rings. The van der Waals surface area contributed by atoms with Crippen molar-refractivity contribution >= 4 is 22.4 Å². The number of nitrogens with two attached hydrogens (primary N) is 1. The molecule has 0 atom stereocenters. The van der Waals surface area contributed by atoms with Crippen LogP contribution in [0.4, 0.5) is 5.69 Å². The van der Waals surface area contributed by atoms with Gasteiger partial charge in [0, 0.05) is 28.7 Å². The number of hydrogen-bond donors (Lipinski definition) is 3. The number of carbonyl (C=O) groups excluding carboxylic acids is 1. The van der Waals surface area contributed by atoms with Crippen molar-refractivity contribution in [3.8, 4) is 11.3 Å². The third-order valence-corrected chi connectivity index (χ3v) is 4.83. The second-order valence-corrected chi connectivity index (χ2v) is 6.49. The molecule has 25 heavy (non-hydrogen) atoms. The van der Waals surface area contributed by atoms with Crippen LogP contribution in [0.3, 0.4) is 0 Å². The van der Waals surface area contributed by atoms with E-state index in [1.54, 1.807) is 0 Å². The molecule has 2 aromatic carbocycles. The lowest BCUT2D eigenvalue weighted by Crippen LogP contribution is -2.14. The number of fused-ring (bicyclic) bond motifs is 2. The number of aromatic nitrogens is 2. The van der Waals surface area contributed by atoms with Crippen LogP contribution >= 0.6 is 0 Å². The molecule has 0 unspecified atom stereocenters. The first kappa shape index (κ1) is 15.8. The first-order valence-electron chi connectivity index (χ1n) is 8.90. The highest BCUT2D eigenvalue weighted by Gasteiger charge is 2.29. The molecule has 1 aliphatic rings. The number of H-pyrrole nitrogens is 1. The number of anilines is 1. The summed E-state index contributed by atoms with van der Waals surface area (Å²) in [5.41, 5.74) is 10.6. The van der Waals surface area contributed by atoms with Crippen LogP contribution < -0.4 is 11.1 Å². The lowest BCUT2D eigenvalue weighted by molar-refractivity contribution is 0.104. The zero-order valence-corrected chi connectivity index (χ0v) is 14.1. The quantitative estimate of drug-likeness (QED) is 0.450. The second kappa shape index (κ2) is 6.69. The third-order valence-electron chi connectivity index (χ3n) is 4.83. The summed E-state index contributed by atoms with van der Waals surface area (Å²) in [4.78, 5) is 13.1. The van der Waals surface area contributed by atoms with Crippen molar-refractivity contribution in [2.75, 3.05) is 18.4 Å². The van der Waals surface area contributed by atoms with Crippen molar-refractivity contribution in [1.82, 2.24) is 10.2 Å². The zero-order chi connectivity index (χ0) is 17.2. The third kappa shape index (κ3) is 2.70. The fraction of sp³-hybridized carbons (Fsp3) is 0.300. The van der Waals surface area contributed by atoms with Crippen molar-refractivity contribution in [2.24, 2.45) is 5.73 Å². The van der Waals surface area contributed by atoms with Crippen LogP contribution in [-0.4, -0.2) is 29.1 Å². The number of nitrogens with zero attached hydrogens (tertiary/aromatic N) is 1. The highest BCUT2D eigenvalue weighted by molar-refractivity contribution is 6.27. The van der Waals surface area contributed by atoms with Crippen molar-refractivity contribution in [2.45, 2.75) is 25.7 Å². The second-order valence-electron chi connectivity index (χ2n) is 6.49. The lowest BCUT2D eigenvalue weighted by Gasteiger charge is -2.19. The Morgan fingerprint density at radius 2 is 1.80 bits per heavy atom. The summed E-state index contributed by atoms with van der Waals surface area (Å²) in [5, 5.41) is 11.9. The highest BCUT2D eigenvalue weighted by Crippen LogP contribution is 2.40. The fourth-order valence-electron chi connectivity index (χ4n) is 3.58. The summed E-state index contributed by atoms with van der Waals surface area (Å²) < 4.78 is 0. The summed E-state index contributed by atoms with van der Waals surface area (Å²) in [5.74, 6) is 0.0701. The van der Waals surface area contributed by atoms with Gasteiger partial charge in [0.1, 0.15) is 5.69 Å². The number of benzene rings is 2. The topological polar surface area (TPSA) is 83.8 Å². The minimum Gasteiger partial charge on any atom is -0.384 e. The first-order chi connectivity index (χ1) is 12.3. The zero-order valence-electron chi connectivity index (χ0n) is 14.1. The van der Waals surface area contributed by atoms with Gasteiger partial charge in [0.25, 0.3) is 0 Å². The van der Waals surface area contributed by atoms with Gasteiger partial charge in [-0.15, -0.1) is 0 Å². The van der Waals surface area contributed by atoms with E-state index in [9.17, 15) is 4.79 Å². The molecule has 5 nitrogen and oxygen atoms in total. The lowest BCUT2D eigenvalue weighted by atomic mass is 9.86. The maximum absolute atomic E-state index is 13.1. The van der Waals surface area contributed by atoms with Gasteiger partial charge in [-0.2, -0.15) is 5.10 Å². The SMILES string of the molecule is NCCCCCCNc1cccc2c1C(=O)c1cccc3[nH]nc-2c13. The number of carbonyl (C=O) groups is 1. The van der Waals surface area contributed by atoms with Gasteiger partial charge in [0.2, 0.25) is 0 Å². The molecule has 0 saturated carbocycles. The molecule has 128 valence electrons. The molecule has 0 aliphatic heterocycles. The Kier molecular flexibility index (Phi) is 4.24. The molecule has 1 aliphatic carbocycles. The smallest absolute Gasteiger partial charge is 0.196 e. The van der Waals surface area contributed by atoms with Crippen molar-refractivity contribution in [1.29, 1.82) is 0 Å². The van der Waals surface area contributed by atoms with E-state index in [2.05, 4.69) is 15.5 Å². The molecule has 0 saturated heterocycles. The molecule has 5 heteroatoms. The standard InChI is InChI=1S/C20H22N4O/c21-11-3-1-2-4-12-22-15-9-5-7-13-18(15)20(25)14-8-6-10-16-17(14)19(13)24-23-16/h5-10,22H,1-4,11-12,21H2,(H,23,24). The van der Waals surface area contributed by atoms with E-state index in [1.807, 2.05) is 36.4 Å². The van der Waals surface area contributed by atoms with Gasteiger partial charge >= 0.3 is 0 Å². The molecule has 4 rings (SSSR count). The minimum atomic E-state index is 0.0701. The average molecular weight is 334 g/mol. The van der Waals surface area contributed by atoms with Gasteiger partial charge in [-0.05, 0) is 31.5 Å². The maximum atomic E-state index is 13.1. The van der Waals surface area contributed by atoms with Crippen LogP contribution in [0.1, 0.15) is 41.6 Å². The molecular weight excluding hydrogens is 312 g/mol. The number of ketones is 1. The molecule has 1 aromatic heterocycles. The van der Waals surface area contributed by atoms with Crippen LogP contribution in [0.15, 0.2) is 36.4 Å². The Labute approximate surface area is 146 Å². The van der Waals surface area contributed by atoms with E-state index >= 15 is 0 Å². The van der Waals surface area contributed by atoms with E-state index in [0.717, 1.165) is 77.7 Å². The molecular formula is C20H22N4O. The van der Waals surface area contributed by atoms with Crippen LogP contribution in [0, 0.1) is 0 Å². The Morgan fingerprint density at radius 3 is 2.68 bits per heavy atom. The molecule has 0 bridgehead atoms. The van der Waals surface area contributed by atoms with E-state index in [-0.39, 0.29) is 5.78 Å². The number of nitrogens with one attached hydrogen (secondary N) is 2. The highest BCUT2D eigenvalue weighted by atomic mass is 16.1. The molecule has 0 radical (unpaired) electrons. The van der Waals surface area contributed by atoms with Gasteiger partial charge in [0.05, 0.1) is 11.1 Å². The first-order valence-corrected chi connectivity index (χ1v) is 8.90. The van der Waals surface area contributed by atoms with E-state index in [4.69, 9.17) is 5.73 Å². The van der Waals surface area contributed by atoms with Crippen LogP contribution in [0.5, 0.6) is 0 Å². The Morgan fingerprint density at radius 1 is 1.00 bits per heavy atom. The molecule has 0 spiro atoms. The predicted molar refractivity (Wildman–Crippen MR) is 101 cm³/mol. The van der Waals surface area contributed by atoms with Crippen LogP contribution in [0.2, 0.25) is 0 Å². The maximum Gasteiger partial charge on any atom is 0.196 e. The predicted octanol–water partition coefficient (Wildman–Crippen LogP) is 3.71. The van der Waals surface area contributed by atoms with Gasteiger partial charge in [-0.1, -0.05) is 37.1 Å². The van der Waals surface area contributed by atoms with Gasteiger partial charge in [0.15, 0.2) is 5.78 Å². The summed E-state index contributed by atoms with van der Waals surface area (Å²) >= 11 is 0. The summed E-state index contributed by atoms with van der Waals surface area (Å²) in [7, 11) is 0. The van der Waals surface area contributed by atoms with Crippen molar-refractivity contribution in [3.63, 3.8) is 0 Å². The Balaban J connectivity index is 1.63. The fourth-order valence-corrected chi connectivity index (χ4v) is 3.58. The minimum absolute atomic E-state index is 0.0701. The number of hydrogen-bond acceptors (Lipinski definition) is 4. The number of rotatable bonds is 7. The normalized spacial score (nSPS) is 12.4.